The summed E-state index contributed by atoms with van der Waals surface area (Å²) in [7, 11) is 0. The highest BCUT2D eigenvalue weighted by Crippen LogP contribution is 2.40. The van der Waals surface area contributed by atoms with E-state index in [1.165, 1.54) is 42.0 Å². The van der Waals surface area contributed by atoms with Crippen molar-refractivity contribution in [2.45, 2.75) is 38.5 Å². The summed E-state index contributed by atoms with van der Waals surface area (Å²) in [6, 6.07) is 8.88. The topological polar surface area (TPSA) is 24.9 Å². The van der Waals surface area contributed by atoms with Crippen LogP contribution in [0, 0.1) is 5.92 Å². The summed E-state index contributed by atoms with van der Waals surface area (Å²) < 4.78 is 0. The van der Waals surface area contributed by atoms with Crippen LogP contribution in [0.3, 0.4) is 0 Å². The predicted molar refractivity (Wildman–Crippen MR) is 85.0 cm³/mol. The summed E-state index contributed by atoms with van der Waals surface area (Å²) in [5.74, 6) is 1.48. The minimum Gasteiger partial charge on any atom is -0.317 e. The SMILES string of the molecule is CCNCC1CCCCC1c1cccc2cnccc12. The van der Waals surface area contributed by atoms with Crippen molar-refractivity contribution >= 4 is 10.8 Å². The third-order valence-electron chi connectivity index (χ3n) is 4.68. The van der Waals surface area contributed by atoms with E-state index in [0.29, 0.717) is 5.92 Å². The Hall–Kier alpha value is -1.41. The number of fused-ring (bicyclic) bond motifs is 1. The summed E-state index contributed by atoms with van der Waals surface area (Å²) in [5.41, 5.74) is 1.53. The van der Waals surface area contributed by atoms with E-state index in [2.05, 4.69) is 41.5 Å². The zero-order valence-corrected chi connectivity index (χ0v) is 12.3. The molecule has 2 unspecified atom stereocenters. The molecule has 2 heteroatoms. The van der Waals surface area contributed by atoms with E-state index in [1.807, 2.05) is 12.4 Å². The quantitative estimate of drug-likeness (QED) is 0.902. The van der Waals surface area contributed by atoms with Gasteiger partial charge in [-0.05, 0) is 54.8 Å². The van der Waals surface area contributed by atoms with Crippen molar-refractivity contribution in [3.8, 4) is 0 Å². The van der Waals surface area contributed by atoms with Gasteiger partial charge in [0.25, 0.3) is 0 Å². The molecule has 2 atom stereocenters. The first-order chi connectivity index (χ1) is 9.90. The van der Waals surface area contributed by atoms with E-state index < -0.39 is 0 Å². The van der Waals surface area contributed by atoms with Crippen LogP contribution in [-0.4, -0.2) is 18.1 Å². The van der Waals surface area contributed by atoms with Crippen molar-refractivity contribution in [2.75, 3.05) is 13.1 Å². The molecule has 0 bridgehead atoms. The molecule has 1 fully saturated rings. The van der Waals surface area contributed by atoms with Gasteiger partial charge < -0.3 is 5.32 Å². The average Bonchev–Trinajstić information content (AvgIpc) is 2.53. The summed E-state index contributed by atoms with van der Waals surface area (Å²) in [6.45, 7) is 4.42. The van der Waals surface area contributed by atoms with E-state index in [1.54, 1.807) is 0 Å². The second-order valence-electron chi connectivity index (χ2n) is 5.90. The van der Waals surface area contributed by atoms with Gasteiger partial charge in [0.05, 0.1) is 0 Å². The van der Waals surface area contributed by atoms with Crippen molar-refractivity contribution in [1.82, 2.24) is 10.3 Å². The molecule has 0 spiro atoms. The Bertz CT molecular complexity index is 559. The molecule has 1 heterocycles. The summed E-state index contributed by atoms with van der Waals surface area (Å²) in [4.78, 5) is 4.26. The molecule has 1 N–H and O–H groups in total. The Morgan fingerprint density at radius 3 is 3.00 bits per heavy atom. The second-order valence-corrected chi connectivity index (χ2v) is 5.90. The van der Waals surface area contributed by atoms with Gasteiger partial charge >= 0.3 is 0 Å². The zero-order valence-electron chi connectivity index (χ0n) is 12.3. The monoisotopic (exact) mass is 268 g/mol. The molecule has 106 valence electrons. The molecule has 1 aromatic carbocycles. The molecule has 0 aliphatic heterocycles. The summed E-state index contributed by atoms with van der Waals surface area (Å²) in [5, 5.41) is 6.23. The molecule has 0 radical (unpaired) electrons. The van der Waals surface area contributed by atoms with Gasteiger partial charge in [-0.3, -0.25) is 4.98 Å². The lowest BCUT2D eigenvalue weighted by Gasteiger charge is -2.33. The van der Waals surface area contributed by atoms with Crippen molar-refractivity contribution in [2.24, 2.45) is 5.92 Å². The highest BCUT2D eigenvalue weighted by Gasteiger charge is 2.27. The fourth-order valence-corrected chi connectivity index (χ4v) is 3.66. The van der Waals surface area contributed by atoms with Crippen molar-refractivity contribution in [1.29, 1.82) is 0 Å². The van der Waals surface area contributed by atoms with E-state index in [4.69, 9.17) is 0 Å². The van der Waals surface area contributed by atoms with Crippen molar-refractivity contribution < 1.29 is 0 Å². The first kappa shape index (κ1) is 13.6. The number of hydrogen-bond donors (Lipinski definition) is 1. The van der Waals surface area contributed by atoms with Gasteiger partial charge in [-0.1, -0.05) is 38.0 Å². The minimum absolute atomic E-state index is 0.703. The summed E-state index contributed by atoms with van der Waals surface area (Å²) >= 11 is 0. The first-order valence-electron chi connectivity index (χ1n) is 7.93. The van der Waals surface area contributed by atoms with Crippen LogP contribution in [0.1, 0.15) is 44.1 Å². The molecule has 1 aliphatic rings. The van der Waals surface area contributed by atoms with Crippen molar-refractivity contribution in [3.63, 3.8) is 0 Å². The molecule has 1 aromatic heterocycles. The van der Waals surface area contributed by atoms with Crippen LogP contribution in [0.5, 0.6) is 0 Å². The van der Waals surface area contributed by atoms with Gasteiger partial charge in [0.2, 0.25) is 0 Å². The lowest BCUT2D eigenvalue weighted by atomic mass is 9.74. The fraction of sp³-hybridized carbons (Fsp3) is 0.500. The first-order valence-corrected chi connectivity index (χ1v) is 7.93. The number of benzene rings is 1. The lowest BCUT2D eigenvalue weighted by molar-refractivity contribution is 0.298. The number of nitrogens with zero attached hydrogens (tertiary/aromatic N) is 1. The largest absolute Gasteiger partial charge is 0.317 e. The van der Waals surface area contributed by atoms with Crippen LogP contribution in [0.2, 0.25) is 0 Å². The van der Waals surface area contributed by atoms with Gasteiger partial charge in [0.15, 0.2) is 0 Å². The lowest BCUT2D eigenvalue weighted by Crippen LogP contribution is -2.29. The maximum Gasteiger partial charge on any atom is 0.0346 e. The Labute approximate surface area is 121 Å². The third-order valence-corrected chi connectivity index (χ3v) is 4.68. The van der Waals surface area contributed by atoms with Crippen molar-refractivity contribution in [3.05, 3.63) is 42.2 Å². The fourth-order valence-electron chi connectivity index (χ4n) is 3.66. The maximum absolute atomic E-state index is 4.26. The standard InChI is InChI=1S/C18H24N2/c1-2-19-12-14-6-3-4-8-16(14)18-9-5-7-15-13-20-11-10-17(15)18/h5,7,9-11,13-14,16,19H,2-4,6,8,12H2,1H3. The molecule has 0 amide bonds. The Kier molecular flexibility index (Phi) is 4.31. The van der Waals surface area contributed by atoms with E-state index in [0.717, 1.165) is 19.0 Å². The highest BCUT2D eigenvalue weighted by molar-refractivity contribution is 5.85. The molecule has 2 aromatic rings. The van der Waals surface area contributed by atoms with Crippen LogP contribution in [0.25, 0.3) is 10.8 Å². The smallest absolute Gasteiger partial charge is 0.0346 e. The Morgan fingerprint density at radius 2 is 2.10 bits per heavy atom. The van der Waals surface area contributed by atoms with Gasteiger partial charge in [0.1, 0.15) is 0 Å². The second kappa shape index (κ2) is 6.36. The van der Waals surface area contributed by atoms with Crippen LogP contribution in [-0.2, 0) is 0 Å². The highest BCUT2D eigenvalue weighted by atomic mass is 14.8. The number of nitrogens with one attached hydrogen (secondary N) is 1. The molecule has 1 aliphatic carbocycles. The number of aromatic nitrogens is 1. The Balaban J connectivity index is 1.95. The number of rotatable bonds is 4. The molecule has 3 rings (SSSR count). The number of pyridine rings is 1. The van der Waals surface area contributed by atoms with Gasteiger partial charge in [-0.25, -0.2) is 0 Å². The molecule has 1 saturated carbocycles. The molecule has 0 saturated heterocycles. The average molecular weight is 268 g/mol. The molecule has 2 nitrogen and oxygen atoms in total. The third kappa shape index (κ3) is 2.71. The molecular formula is C18H24N2. The number of hydrogen-bond acceptors (Lipinski definition) is 2. The van der Waals surface area contributed by atoms with Gasteiger partial charge in [-0.2, -0.15) is 0 Å². The van der Waals surface area contributed by atoms with E-state index in [-0.39, 0.29) is 0 Å². The minimum atomic E-state index is 0.703. The van der Waals surface area contributed by atoms with Crippen LogP contribution < -0.4 is 5.32 Å². The van der Waals surface area contributed by atoms with E-state index in [9.17, 15) is 0 Å². The van der Waals surface area contributed by atoms with Gasteiger partial charge in [0, 0.05) is 17.8 Å². The van der Waals surface area contributed by atoms with Crippen LogP contribution in [0.15, 0.2) is 36.7 Å². The summed E-state index contributed by atoms with van der Waals surface area (Å²) in [6.07, 6.45) is 9.36. The van der Waals surface area contributed by atoms with Crippen LogP contribution >= 0.6 is 0 Å². The van der Waals surface area contributed by atoms with E-state index >= 15 is 0 Å². The zero-order chi connectivity index (χ0) is 13.8. The predicted octanol–water partition coefficient (Wildman–Crippen LogP) is 4.12. The Morgan fingerprint density at radius 1 is 1.20 bits per heavy atom. The normalized spacial score (nSPS) is 23.1. The molecule has 20 heavy (non-hydrogen) atoms. The maximum atomic E-state index is 4.26. The van der Waals surface area contributed by atoms with Gasteiger partial charge in [-0.15, -0.1) is 0 Å². The van der Waals surface area contributed by atoms with Crippen LogP contribution in [0.4, 0.5) is 0 Å². The molecular weight excluding hydrogens is 244 g/mol.